The third-order valence-corrected chi connectivity index (χ3v) is 4.45. The van der Waals surface area contributed by atoms with Crippen molar-refractivity contribution in [1.29, 1.82) is 0 Å². The summed E-state index contributed by atoms with van der Waals surface area (Å²) in [4.78, 5) is 30.5. The largest absolute Gasteiger partial charge is 2.00 e. The summed E-state index contributed by atoms with van der Waals surface area (Å²) in [6.07, 6.45) is 12.6. The van der Waals surface area contributed by atoms with Gasteiger partial charge >= 0.3 is 84.3 Å². The van der Waals surface area contributed by atoms with Gasteiger partial charge in [0.15, 0.2) is 0 Å². The van der Waals surface area contributed by atoms with Crippen molar-refractivity contribution in [2.24, 2.45) is 39.9 Å². The first kappa shape index (κ1) is 39.2. The van der Waals surface area contributed by atoms with Crippen LogP contribution in [0.15, 0.2) is 39.9 Å². The molecule has 28 heteroatoms. The molecule has 8 aliphatic heterocycles. The number of rotatable bonds is 4. The Morgan fingerprint density at radius 2 is 0.364 bits per heavy atom. The van der Waals surface area contributed by atoms with Crippen LogP contribution in [-0.2, 0) is 84.3 Å². The number of nitrogens with zero attached hydrogens (tertiary/aromatic N) is 16. The molecule has 0 aliphatic carbocycles. The molecule has 44 heavy (non-hydrogen) atoms. The zero-order valence-electron chi connectivity index (χ0n) is 21.7. The Balaban J connectivity index is 0.000000285. The molecule has 0 atom stereocenters. The molecule has 248 valence electrons. The second-order valence-electron chi connectivity index (χ2n) is 6.94. The normalized spacial score (nSPS) is 21.5. The molecule has 8 aliphatic rings. The van der Waals surface area contributed by atoms with E-state index in [1.165, 1.54) is 0 Å². The van der Waals surface area contributed by atoms with Gasteiger partial charge in [0.1, 0.15) is 0 Å². The quantitative estimate of drug-likeness (QED) is 0.124. The van der Waals surface area contributed by atoms with Crippen LogP contribution in [0.3, 0.4) is 0 Å². The SMILES string of the molecule is C1=N[CH-]N(N2[CH-]N=CN2)N1.C1=N[CH-]N(N2[CH-]N=CN2)N1.C1=N[CH-]N(N2[CH-]N=CN2)N1.C1=N[CH-]N(N2[CH-]N=CN2)N1.[Pt+2].[Pt+2].[Pt+2].[Pt+2]. The Labute approximate surface area is 310 Å². The molecule has 0 radical (unpaired) electrons. The molecular formula is C16H24N24Pt4. The molecular weight excluding hydrogens is 1310 g/mol. The first-order chi connectivity index (χ1) is 19.9. The van der Waals surface area contributed by atoms with Gasteiger partial charge in [-0.25, -0.2) is 40.9 Å². The van der Waals surface area contributed by atoms with Gasteiger partial charge in [0.25, 0.3) is 0 Å². The smallest absolute Gasteiger partial charge is 0.419 e. The maximum Gasteiger partial charge on any atom is 2.00 e. The summed E-state index contributed by atoms with van der Waals surface area (Å²) in [6.45, 7) is 13.0. The van der Waals surface area contributed by atoms with Gasteiger partial charge in [0.2, 0.25) is 0 Å². The van der Waals surface area contributed by atoms with Crippen LogP contribution in [0.2, 0.25) is 0 Å². The van der Waals surface area contributed by atoms with E-state index in [1.807, 2.05) is 0 Å². The Kier molecular flexibility index (Phi) is 19.4. The van der Waals surface area contributed by atoms with Gasteiger partial charge < -0.3 is 83.3 Å². The molecule has 0 unspecified atom stereocenters. The van der Waals surface area contributed by atoms with E-state index in [9.17, 15) is 0 Å². The Morgan fingerprint density at radius 1 is 0.250 bits per heavy atom. The molecule has 8 heterocycles. The molecule has 0 aromatic rings. The second-order valence-corrected chi connectivity index (χ2v) is 6.94. The van der Waals surface area contributed by atoms with E-state index >= 15 is 0 Å². The van der Waals surface area contributed by atoms with E-state index in [0.717, 1.165) is 0 Å². The molecule has 0 bridgehead atoms. The molecule has 0 fully saturated rings. The second kappa shape index (κ2) is 21.8. The third kappa shape index (κ3) is 11.9. The van der Waals surface area contributed by atoms with Crippen LogP contribution >= 0.6 is 0 Å². The Morgan fingerprint density at radius 3 is 0.432 bits per heavy atom. The summed E-state index contributed by atoms with van der Waals surface area (Å²) in [5.74, 6) is 0. The van der Waals surface area contributed by atoms with Crippen LogP contribution in [0.4, 0.5) is 0 Å². The van der Waals surface area contributed by atoms with Gasteiger partial charge in [-0.1, -0.05) is 50.7 Å². The Hall–Kier alpha value is -2.85. The topological polar surface area (TPSA) is 221 Å². The van der Waals surface area contributed by atoms with Gasteiger partial charge in [-0.2, -0.15) is 0 Å². The van der Waals surface area contributed by atoms with E-state index in [-0.39, 0.29) is 84.3 Å². The van der Waals surface area contributed by atoms with Crippen molar-refractivity contribution < 1.29 is 84.3 Å². The first-order valence-corrected chi connectivity index (χ1v) is 11.1. The summed E-state index contributed by atoms with van der Waals surface area (Å²) in [5.41, 5.74) is 22.7. The number of aliphatic imine (C=N–C) groups is 8. The molecule has 0 amide bonds. The average molecular weight is 1330 g/mol. The van der Waals surface area contributed by atoms with E-state index in [0.29, 0.717) is 0 Å². The van der Waals surface area contributed by atoms with Crippen LogP contribution in [0, 0.1) is 53.3 Å². The molecule has 0 aromatic heterocycles. The van der Waals surface area contributed by atoms with Crippen LogP contribution in [0.25, 0.3) is 0 Å². The predicted molar refractivity (Wildman–Crippen MR) is 142 cm³/mol. The molecule has 0 saturated carbocycles. The fourth-order valence-electron chi connectivity index (χ4n) is 2.72. The summed E-state index contributed by atoms with van der Waals surface area (Å²) in [7, 11) is 0. The van der Waals surface area contributed by atoms with Gasteiger partial charge in [0, 0.05) is 0 Å². The van der Waals surface area contributed by atoms with E-state index in [1.54, 1.807) is 145 Å². The maximum absolute atomic E-state index is 3.82. The van der Waals surface area contributed by atoms with Crippen LogP contribution in [0.1, 0.15) is 0 Å². The fraction of sp³-hybridized carbons (Fsp3) is 0. The van der Waals surface area contributed by atoms with Gasteiger partial charge in [-0.15, -0.1) is 0 Å². The van der Waals surface area contributed by atoms with E-state index in [2.05, 4.69) is 83.3 Å². The minimum Gasteiger partial charge on any atom is -0.419 e. The summed E-state index contributed by atoms with van der Waals surface area (Å²) >= 11 is 0. The van der Waals surface area contributed by atoms with Crippen LogP contribution in [-0.4, -0.2) is 91.7 Å². The number of hydrogen-bond acceptors (Lipinski definition) is 24. The minimum absolute atomic E-state index is 0. The van der Waals surface area contributed by atoms with Crippen molar-refractivity contribution in [2.45, 2.75) is 0 Å². The molecule has 0 aromatic carbocycles. The Bertz CT molecular complexity index is 734. The standard InChI is InChI=1S/4C4H6N6.4Pt/c4*1-5-3-9(7-1)10-4-6-2-8-10;;;;/h4*1-4H,(H,5,7)(H,6,8);;;;/q4*-2;4*+2. The van der Waals surface area contributed by atoms with Crippen molar-refractivity contribution in [2.75, 3.05) is 0 Å². The minimum atomic E-state index is 0. The molecule has 8 N–H and O–H groups in total. The molecule has 0 saturated heterocycles. The number of hydrogen-bond donors (Lipinski definition) is 8. The summed E-state index contributed by atoms with van der Waals surface area (Å²) < 4.78 is 0. The summed E-state index contributed by atoms with van der Waals surface area (Å²) in [5, 5.41) is 13.2. The molecule has 0 spiro atoms. The van der Waals surface area contributed by atoms with Crippen molar-refractivity contribution in [3.05, 3.63) is 53.3 Å². The van der Waals surface area contributed by atoms with E-state index in [4.69, 9.17) is 0 Å². The zero-order chi connectivity index (χ0) is 27.2. The third-order valence-electron chi connectivity index (χ3n) is 4.45. The monoisotopic (exact) mass is 1330 g/mol. The van der Waals surface area contributed by atoms with Gasteiger partial charge in [0.05, 0.1) is 0 Å². The number of nitrogens with one attached hydrogen (secondary N) is 8. The number of hydrazine groups is 12. The fourth-order valence-corrected chi connectivity index (χ4v) is 2.72. The average Bonchev–Trinajstić information content (AvgIpc) is 3.87. The maximum atomic E-state index is 3.82. The van der Waals surface area contributed by atoms with Gasteiger partial charge in [-0.05, 0) is 53.3 Å². The predicted octanol–water partition coefficient (Wildman–Crippen LogP) is -4.66. The van der Waals surface area contributed by atoms with Crippen molar-refractivity contribution >= 4 is 50.7 Å². The molecule has 8 rings (SSSR count). The van der Waals surface area contributed by atoms with Crippen LogP contribution in [0.5, 0.6) is 0 Å². The van der Waals surface area contributed by atoms with Crippen molar-refractivity contribution in [3.8, 4) is 0 Å². The molecule has 24 nitrogen and oxygen atoms in total. The van der Waals surface area contributed by atoms with Crippen molar-refractivity contribution in [3.63, 3.8) is 0 Å². The first-order valence-electron chi connectivity index (χ1n) is 11.1. The van der Waals surface area contributed by atoms with Gasteiger partial charge in [-0.3, -0.25) is 0 Å². The summed E-state index contributed by atoms with van der Waals surface area (Å²) in [6, 6.07) is 0. The van der Waals surface area contributed by atoms with E-state index < -0.39 is 0 Å². The van der Waals surface area contributed by atoms with Crippen molar-refractivity contribution in [1.82, 2.24) is 84.3 Å². The van der Waals surface area contributed by atoms with Crippen LogP contribution < -0.4 is 43.4 Å². The zero-order valence-corrected chi connectivity index (χ0v) is 30.7.